The Balaban J connectivity index is 0.00000245. The maximum atomic E-state index is 11.6. The van der Waals surface area contributed by atoms with E-state index in [2.05, 4.69) is 67.8 Å². The highest BCUT2D eigenvalue weighted by Gasteiger charge is 2.21. The van der Waals surface area contributed by atoms with E-state index in [9.17, 15) is 4.79 Å². The molecule has 8 nitrogen and oxygen atoms in total. The fourth-order valence-electron chi connectivity index (χ4n) is 6.13. The van der Waals surface area contributed by atoms with Gasteiger partial charge in [-0.05, 0) is 109 Å². The van der Waals surface area contributed by atoms with Crippen molar-refractivity contribution in [2.45, 2.75) is 39.8 Å². The van der Waals surface area contributed by atoms with Crippen LogP contribution in [0.5, 0.6) is 5.75 Å². The first kappa shape index (κ1) is 36.8. The number of likely N-dealkylation sites (tertiary alicyclic amines) is 1. The third-order valence-corrected chi connectivity index (χ3v) is 9.17. The average Bonchev–Trinajstić information content (AvgIpc) is 3.10. The molecular weight excluding hydrogens is 633 g/mol. The SMILES string of the molecule is CC.CNC(=O)NCC1CCN(Cc2cc(COc3ccc(N4CCN(CCOC)CC4)cc3)cc(-c3cc(Cl)cc(Cl)c3)c2)CC1. The minimum absolute atomic E-state index is 0.117. The number of rotatable bonds is 12. The number of carbonyl (C=O) groups is 1. The molecule has 2 aliphatic heterocycles. The van der Waals surface area contributed by atoms with Crippen LogP contribution in [-0.2, 0) is 17.9 Å². The van der Waals surface area contributed by atoms with Gasteiger partial charge in [0.15, 0.2) is 0 Å². The van der Waals surface area contributed by atoms with Gasteiger partial charge in [-0.2, -0.15) is 0 Å². The standard InChI is InChI=1S/C35H45Cl2N5O3.C2H6/c1-38-35(43)39-23-26-7-9-41(10-8-26)24-27-17-28(19-29(18-27)30-20-31(36)22-32(37)21-30)25-45-34-5-3-33(4-6-34)42-13-11-40(12-14-42)15-16-44-2;1-2/h3-6,17-22,26H,7-16,23-25H2,1-2H3,(H2,38,39,43);1-2H3. The number of halogens is 2. The molecular formula is C37H51Cl2N5O3. The monoisotopic (exact) mass is 683 g/mol. The Hall–Kier alpha value is -3.01. The van der Waals surface area contributed by atoms with Gasteiger partial charge in [0.2, 0.25) is 0 Å². The van der Waals surface area contributed by atoms with Crippen LogP contribution in [0.2, 0.25) is 10.0 Å². The molecule has 2 saturated heterocycles. The minimum atomic E-state index is -0.117. The number of piperazine rings is 1. The van der Waals surface area contributed by atoms with Crippen LogP contribution in [0.15, 0.2) is 60.7 Å². The summed E-state index contributed by atoms with van der Waals surface area (Å²) in [6.07, 6.45) is 2.12. The van der Waals surface area contributed by atoms with Gasteiger partial charge in [0, 0.05) is 75.7 Å². The average molecular weight is 685 g/mol. The van der Waals surface area contributed by atoms with E-state index in [1.807, 2.05) is 26.0 Å². The topological polar surface area (TPSA) is 69.3 Å². The molecule has 0 atom stereocenters. The van der Waals surface area contributed by atoms with Crippen LogP contribution in [0.25, 0.3) is 11.1 Å². The van der Waals surface area contributed by atoms with Gasteiger partial charge in [-0.1, -0.05) is 43.1 Å². The molecule has 2 aliphatic rings. The van der Waals surface area contributed by atoms with Crippen molar-refractivity contribution < 1.29 is 14.3 Å². The molecule has 0 aliphatic carbocycles. The molecule has 2 amide bonds. The first-order chi connectivity index (χ1) is 22.9. The van der Waals surface area contributed by atoms with Crippen molar-refractivity contribution in [3.8, 4) is 16.9 Å². The van der Waals surface area contributed by atoms with Gasteiger partial charge in [-0.3, -0.25) is 9.80 Å². The van der Waals surface area contributed by atoms with Crippen molar-refractivity contribution >= 4 is 34.9 Å². The zero-order chi connectivity index (χ0) is 33.6. The Kier molecular flexibility index (Phi) is 15.0. The Morgan fingerprint density at radius 1 is 0.830 bits per heavy atom. The molecule has 3 aromatic carbocycles. The van der Waals surface area contributed by atoms with E-state index in [0.29, 0.717) is 29.1 Å². The summed E-state index contributed by atoms with van der Waals surface area (Å²) in [6, 6.07) is 20.6. The summed E-state index contributed by atoms with van der Waals surface area (Å²) in [7, 11) is 3.40. The fourth-order valence-corrected chi connectivity index (χ4v) is 6.65. The summed E-state index contributed by atoms with van der Waals surface area (Å²) >= 11 is 12.8. The van der Waals surface area contributed by atoms with Crippen LogP contribution in [0.3, 0.4) is 0 Å². The molecule has 0 unspecified atom stereocenters. The lowest BCUT2D eigenvalue weighted by molar-refractivity contribution is 0.144. The van der Waals surface area contributed by atoms with Crippen LogP contribution < -0.4 is 20.3 Å². The number of hydrogen-bond acceptors (Lipinski definition) is 6. The largest absolute Gasteiger partial charge is 0.489 e. The Bertz CT molecular complexity index is 1370. The van der Waals surface area contributed by atoms with Crippen molar-refractivity contribution in [2.75, 3.05) is 78.0 Å². The maximum Gasteiger partial charge on any atom is 0.314 e. The second kappa shape index (κ2) is 19.1. The summed E-state index contributed by atoms with van der Waals surface area (Å²) in [6.45, 7) is 13.9. The molecule has 2 N–H and O–H groups in total. The van der Waals surface area contributed by atoms with E-state index in [1.54, 1.807) is 20.2 Å². The predicted molar refractivity (Wildman–Crippen MR) is 195 cm³/mol. The molecule has 47 heavy (non-hydrogen) atoms. The molecule has 2 fully saturated rings. The van der Waals surface area contributed by atoms with Crippen molar-refractivity contribution in [1.82, 2.24) is 20.4 Å². The summed E-state index contributed by atoms with van der Waals surface area (Å²) in [5.74, 6) is 1.35. The molecule has 0 bridgehead atoms. The van der Waals surface area contributed by atoms with E-state index in [1.165, 1.54) is 11.3 Å². The molecule has 256 valence electrons. The van der Waals surface area contributed by atoms with Crippen LogP contribution in [-0.4, -0.2) is 89.0 Å². The molecule has 0 saturated carbocycles. The lowest BCUT2D eigenvalue weighted by atomic mass is 9.95. The second-order valence-electron chi connectivity index (χ2n) is 12.0. The van der Waals surface area contributed by atoms with Crippen LogP contribution in [0.1, 0.15) is 37.8 Å². The quantitative estimate of drug-likeness (QED) is 0.211. The number of piperidine rings is 1. The molecule has 2 heterocycles. The van der Waals surface area contributed by atoms with Gasteiger partial charge < -0.3 is 25.0 Å². The summed E-state index contributed by atoms with van der Waals surface area (Å²) in [4.78, 5) is 18.9. The van der Waals surface area contributed by atoms with Gasteiger partial charge >= 0.3 is 6.03 Å². The number of benzene rings is 3. The smallest absolute Gasteiger partial charge is 0.314 e. The first-order valence-corrected chi connectivity index (χ1v) is 17.6. The zero-order valence-electron chi connectivity index (χ0n) is 28.4. The normalized spacial score (nSPS) is 15.9. The van der Waals surface area contributed by atoms with E-state index < -0.39 is 0 Å². The Morgan fingerprint density at radius 2 is 1.47 bits per heavy atom. The molecule has 0 radical (unpaired) electrons. The highest BCUT2D eigenvalue weighted by atomic mass is 35.5. The number of urea groups is 1. The number of hydrogen-bond donors (Lipinski definition) is 2. The van der Waals surface area contributed by atoms with Gasteiger partial charge in [-0.15, -0.1) is 0 Å². The number of nitrogens with one attached hydrogen (secondary N) is 2. The van der Waals surface area contributed by atoms with E-state index >= 15 is 0 Å². The van der Waals surface area contributed by atoms with E-state index in [0.717, 1.165) is 94.2 Å². The highest BCUT2D eigenvalue weighted by Crippen LogP contribution is 2.30. The van der Waals surface area contributed by atoms with Crippen molar-refractivity contribution in [3.63, 3.8) is 0 Å². The number of carbonyl (C=O) groups excluding carboxylic acids is 1. The fraction of sp³-hybridized carbons (Fsp3) is 0.486. The third-order valence-electron chi connectivity index (χ3n) is 8.73. The molecule has 0 spiro atoms. The van der Waals surface area contributed by atoms with E-state index in [-0.39, 0.29) is 6.03 Å². The zero-order valence-corrected chi connectivity index (χ0v) is 29.9. The molecule has 0 aromatic heterocycles. The van der Waals surface area contributed by atoms with Gasteiger partial charge in [0.05, 0.1) is 6.61 Å². The number of anilines is 1. The summed E-state index contributed by atoms with van der Waals surface area (Å²) < 4.78 is 11.5. The molecule has 5 rings (SSSR count). The number of ether oxygens (including phenoxy) is 2. The predicted octanol–water partition coefficient (Wildman–Crippen LogP) is 7.18. The van der Waals surface area contributed by atoms with Crippen LogP contribution >= 0.6 is 23.2 Å². The van der Waals surface area contributed by atoms with Crippen LogP contribution in [0.4, 0.5) is 10.5 Å². The number of amides is 2. The van der Waals surface area contributed by atoms with E-state index in [4.69, 9.17) is 32.7 Å². The third kappa shape index (κ3) is 11.6. The minimum Gasteiger partial charge on any atom is -0.489 e. The lowest BCUT2D eigenvalue weighted by Crippen LogP contribution is -2.47. The Morgan fingerprint density at radius 3 is 2.11 bits per heavy atom. The van der Waals surface area contributed by atoms with Gasteiger partial charge in [0.25, 0.3) is 0 Å². The summed E-state index contributed by atoms with van der Waals surface area (Å²) in [5.41, 5.74) is 5.61. The van der Waals surface area contributed by atoms with Crippen molar-refractivity contribution in [2.24, 2.45) is 5.92 Å². The Labute approximate surface area is 291 Å². The lowest BCUT2D eigenvalue weighted by Gasteiger charge is -2.36. The maximum absolute atomic E-state index is 11.6. The van der Waals surface area contributed by atoms with Crippen molar-refractivity contribution in [1.29, 1.82) is 0 Å². The van der Waals surface area contributed by atoms with Gasteiger partial charge in [-0.25, -0.2) is 4.79 Å². The van der Waals surface area contributed by atoms with Crippen LogP contribution in [0, 0.1) is 5.92 Å². The van der Waals surface area contributed by atoms with Crippen molar-refractivity contribution in [3.05, 3.63) is 81.8 Å². The summed E-state index contributed by atoms with van der Waals surface area (Å²) in [5, 5.41) is 6.81. The molecule has 3 aromatic rings. The van der Waals surface area contributed by atoms with Gasteiger partial charge in [0.1, 0.15) is 12.4 Å². The molecule has 10 heteroatoms. The highest BCUT2D eigenvalue weighted by molar-refractivity contribution is 6.35. The number of methoxy groups -OCH3 is 1. The second-order valence-corrected chi connectivity index (χ2v) is 12.9. The first-order valence-electron chi connectivity index (χ1n) is 16.8. The number of nitrogens with zero attached hydrogens (tertiary/aromatic N) is 3.